The Morgan fingerprint density at radius 2 is 1.87 bits per heavy atom. The SMILES string of the molecule is CCN(CC)C(CNC(=NC)NCC(O)c1cc2ccccc2s1)c1ccco1.I. The van der Waals surface area contributed by atoms with Gasteiger partial charge in [0.2, 0.25) is 0 Å². The van der Waals surface area contributed by atoms with E-state index in [-0.39, 0.29) is 30.0 Å². The van der Waals surface area contributed by atoms with E-state index in [4.69, 9.17) is 4.42 Å². The Balaban J connectivity index is 0.00000320. The van der Waals surface area contributed by atoms with Gasteiger partial charge < -0.3 is 20.2 Å². The molecular formula is C22H31IN4O2S. The van der Waals surface area contributed by atoms with Crippen molar-refractivity contribution in [3.8, 4) is 0 Å². The van der Waals surface area contributed by atoms with Crippen molar-refractivity contribution in [1.29, 1.82) is 0 Å². The first kappa shape index (κ1) is 24.6. The molecule has 0 radical (unpaired) electrons. The fourth-order valence-electron chi connectivity index (χ4n) is 3.43. The molecule has 3 rings (SSSR count). The molecule has 3 N–H and O–H groups in total. The van der Waals surface area contributed by atoms with Crippen molar-refractivity contribution in [2.45, 2.75) is 26.0 Å². The zero-order chi connectivity index (χ0) is 20.6. The summed E-state index contributed by atoms with van der Waals surface area (Å²) in [4.78, 5) is 7.59. The van der Waals surface area contributed by atoms with Crippen LogP contribution in [0.5, 0.6) is 0 Å². The minimum Gasteiger partial charge on any atom is -0.468 e. The predicted octanol–water partition coefficient (Wildman–Crippen LogP) is 4.39. The summed E-state index contributed by atoms with van der Waals surface area (Å²) in [6.45, 7) is 7.21. The standard InChI is InChI=1S/C22H30N4O2S.HI/c1-4-26(5-2)17(19-10-8-12-28-19)14-24-22(23-3)25-15-18(27)21-13-16-9-6-7-11-20(16)29-21;/h6-13,17-18,27H,4-5,14-15H2,1-3H3,(H2,23,24,25);1H. The van der Waals surface area contributed by atoms with Gasteiger partial charge in [-0.25, -0.2) is 0 Å². The molecule has 30 heavy (non-hydrogen) atoms. The van der Waals surface area contributed by atoms with Crippen LogP contribution in [0.3, 0.4) is 0 Å². The number of guanidine groups is 1. The number of fused-ring (bicyclic) bond motifs is 1. The van der Waals surface area contributed by atoms with Crippen molar-refractivity contribution in [3.05, 3.63) is 59.4 Å². The maximum Gasteiger partial charge on any atom is 0.191 e. The Morgan fingerprint density at radius 1 is 1.13 bits per heavy atom. The number of rotatable bonds is 9. The van der Waals surface area contributed by atoms with Crippen molar-refractivity contribution in [3.63, 3.8) is 0 Å². The number of halogens is 1. The number of hydrogen-bond acceptors (Lipinski definition) is 5. The van der Waals surface area contributed by atoms with E-state index in [2.05, 4.69) is 52.6 Å². The minimum atomic E-state index is -0.588. The van der Waals surface area contributed by atoms with Crippen LogP contribution in [0.2, 0.25) is 0 Å². The van der Waals surface area contributed by atoms with Crippen LogP contribution in [0.1, 0.15) is 36.6 Å². The van der Waals surface area contributed by atoms with Crippen LogP contribution in [0, 0.1) is 0 Å². The summed E-state index contributed by atoms with van der Waals surface area (Å²) in [7, 11) is 1.74. The lowest BCUT2D eigenvalue weighted by molar-refractivity contribution is 0.183. The van der Waals surface area contributed by atoms with E-state index in [1.54, 1.807) is 24.6 Å². The summed E-state index contributed by atoms with van der Waals surface area (Å²) < 4.78 is 6.84. The number of nitrogens with one attached hydrogen (secondary N) is 2. The Bertz CT molecular complexity index is 876. The Kier molecular flexibility index (Phi) is 10.1. The van der Waals surface area contributed by atoms with E-state index in [9.17, 15) is 5.11 Å². The van der Waals surface area contributed by atoms with E-state index in [0.717, 1.165) is 29.1 Å². The van der Waals surface area contributed by atoms with E-state index in [1.165, 1.54) is 4.70 Å². The molecule has 0 aliphatic rings. The molecule has 0 bridgehead atoms. The number of aliphatic hydroxyl groups is 1. The van der Waals surface area contributed by atoms with Crippen molar-refractivity contribution < 1.29 is 9.52 Å². The van der Waals surface area contributed by atoms with Crippen LogP contribution in [-0.2, 0) is 0 Å². The lowest BCUT2D eigenvalue weighted by Gasteiger charge is -2.29. The monoisotopic (exact) mass is 542 g/mol. The smallest absolute Gasteiger partial charge is 0.191 e. The molecule has 2 atom stereocenters. The fourth-order valence-corrected chi connectivity index (χ4v) is 4.48. The molecular weight excluding hydrogens is 511 g/mol. The minimum absolute atomic E-state index is 0. The highest BCUT2D eigenvalue weighted by Crippen LogP contribution is 2.29. The molecule has 0 aliphatic heterocycles. The molecule has 2 aromatic heterocycles. The van der Waals surface area contributed by atoms with Crippen molar-refractivity contribution in [2.75, 3.05) is 33.2 Å². The second-order valence-corrected chi connectivity index (χ2v) is 7.90. The summed E-state index contributed by atoms with van der Waals surface area (Å²) in [5.74, 6) is 1.59. The molecule has 164 valence electrons. The largest absolute Gasteiger partial charge is 0.468 e. The van der Waals surface area contributed by atoms with Crippen LogP contribution in [0.15, 0.2) is 58.1 Å². The second-order valence-electron chi connectivity index (χ2n) is 6.79. The molecule has 0 fully saturated rings. The lowest BCUT2D eigenvalue weighted by Crippen LogP contribution is -2.44. The number of hydrogen-bond donors (Lipinski definition) is 3. The zero-order valence-electron chi connectivity index (χ0n) is 17.7. The van der Waals surface area contributed by atoms with Gasteiger partial charge >= 0.3 is 0 Å². The highest BCUT2D eigenvalue weighted by Gasteiger charge is 2.21. The van der Waals surface area contributed by atoms with E-state index in [1.807, 2.05) is 24.3 Å². The highest BCUT2D eigenvalue weighted by atomic mass is 127. The topological polar surface area (TPSA) is 73.0 Å². The molecule has 2 unspecified atom stereocenters. The molecule has 1 aromatic carbocycles. The molecule has 3 aromatic rings. The van der Waals surface area contributed by atoms with Crippen LogP contribution < -0.4 is 10.6 Å². The number of furan rings is 1. The summed E-state index contributed by atoms with van der Waals surface area (Å²) in [6, 6.07) is 14.3. The first-order chi connectivity index (χ1) is 14.2. The number of benzene rings is 1. The van der Waals surface area contributed by atoms with Crippen LogP contribution in [0.25, 0.3) is 10.1 Å². The van der Waals surface area contributed by atoms with Crippen LogP contribution >= 0.6 is 35.3 Å². The number of aliphatic hydroxyl groups excluding tert-OH is 1. The predicted molar refractivity (Wildman–Crippen MR) is 136 cm³/mol. The molecule has 0 saturated heterocycles. The van der Waals surface area contributed by atoms with E-state index < -0.39 is 6.10 Å². The van der Waals surface area contributed by atoms with Gasteiger partial charge in [-0.2, -0.15) is 0 Å². The Hall–Kier alpha value is -1.62. The summed E-state index contributed by atoms with van der Waals surface area (Å²) in [5.41, 5.74) is 0. The third-order valence-corrected chi connectivity index (χ3v) is 6.26. The molecule has 0 amide bonds. The van der Waals surface area contributed by atoms with Gasteiger partial charge in [0.05, 0.1) is 12.3 Å². The molecule has 2 heterocycles. The number of thiophene rings is 1. The summed E-state index contributed by atoms with van der Waals surface area (Å²) >= 11 is 1.62. The number of aliphatic imine (C=N–C) groups is 1. The van der Waals surface area contributed by atoms with Gasteiger partial charge in [0.25, 0.3) is 0 Å². The van der Waals surface area contributed by atoms with Crippen LogP contribution in [0.4, 0.5) is 0 Å². The maximum absolute atomic E-state index is 10.6. The van der Waals surface area contributed by atoms with Gasteiger partial charge in [-0.05, 0) is 42.7 Å². The lowest BCUT2D eigenvalue weighted by atomic mass is 10.2. The van der Waals surface area contributed by atoms with Gasteiger partial charge in [-0.15, -0.1) is 35.3 Å². The highest BCUT2D eigenvalue weighted by molar-refractivity contribution is 14.0. The molecule has 0 spiro atoms. The van der Waals surface area contributed by atoms with Crippen molar-refractivity contribution >= 4 is 51.4 Å². The summed E-state index contributed by atoms with van der Waals surface area (Å²) in [5, 5.41) is 18.4. The second kappa shape index (κ2) is 12.3. The zero-order valence-corrected chi connectivity index (χ0v) is 20.8. The van der Waals surface area contributed by atoms with E-state index in [0.29, 0.717) is 19.0 Å². The average Bonchev–Trinajstić information content (AvgIpc) is 3.42. The Labute approximate surface area is 199 Å². The quantitative estimate of drug-likeness (QED) is 0.213. The summed E-state index contributed by atoms with van der Waals surface area (Å²) in [6.07, 6.45) is 1.12. The van der Waals surface area contributed by atoms with Gasteiger partial charge in [0.1, 0.15) is 11.9 Å². The average molecular weight is 542 g/mol. The number of likely N-dealkylation sites (N-methyl/N-ethyl adjacent to an activating group) is 1. The van der Waals surface area contributed by atoms with Crippen molar-refractivity contribution in [1.82, 2.24) is 15.5 Å². The maximum atomic E-state index is 10.6. The van der Waals surface area contributed by atoms with Gasteiger partial charge in [-0.3, -0.25) is 9.89 Å². The third-order valence-electron chi connectivity index (χ3n) is 5.05. The normalized spacial score (nSPS) is 13.8. The van der Waals surface area contributed by atoms with E-state index >= 15 is 0 Å². The first-order valence-electron chi connectivity index (χ1n) is 10.0. The van der Waals surface area contributed by atoms with Crippen molar-refractivity contribution in [2.24, 2.45) is 4.99 Å². The number of nitrogens with zero attached hydrogens (tertiary/aromatic N) is 2. The Morgan fingerprint density at radius 3 is 2.50 bits per heavy atom. The molecule has 0 aliphatic carbocycles. The first-order valence-corrected chi connectivity index (χ1v) is 10.9. The molecule has 0 saturated carbocycles. The van der Waals surface area contributed by atoms with Gasteiger partial charge in [-0.1, -0.05) is 32.0 Å². The molecule has 6 nitrogen and oxygen atoms in total. The fraction of sp³-hybridized carbons (Fsp3) is 0.409. The van der Waals surface area contributed by atoms with Crippen LogP contribution in [-0.4, -0.2) is 49.2 Å². The molecule has 8 heteroatoms. The third kappa shape index (κ3) is 6.19. The van der Waals surface area contributed by atoms with Gasteiger partial charge in [0.15, 0.2) is 5.96 Å². The van der Waals surface area contributed by atoms with Gasteiger partial charge in [0, 0.05) is 29.7 Å².